The van der Waals surface area contributed by atoms with Gasteiger partial charge in [-0.25, -0.2) is 0 Å². The second kappa shape index (κ2) is 6.52. The topological polar surface area (TPSA) is 53.9 Å². The molecule has 20 heavy (non-hydrogen) atoms. The Morgan fingerprint density at radius 3 is 2.40 bits per heavy atom. The molecule has 2 aromatic rings. The van der Waals surface area contributed by atoms with E-state index in [1.165, 1.54) is 5.56 Å². The number of hydrogen-bond donors (Lipinski definition) is 1. The maximum absolute atomic E-state index is 5.97. The summed E-state index contributed by atoms with van der Waals surface area (Å²) in [5, 5.41) is 3.25. The maximum Gasteiger partial charge on any atom is 0.236 e. The molecular formula is C14H18ClN5. The summed E-state index contributed by atoms with van der Waals surface area (Å²) >= 11 is 5.97. The van der Waals surface area contributed by atoms with Crippen molar-refractivity contribution in [3.05, 3.63) is 35.1 Å². The van der Waals surface area contributed by atoms with Crippen molar-refractivity contribution in [3.63, 3.8) is 0 Å². The van der Waals surface area contributed by atoms with Crippen molar-refractivity contribution in [1.82, 2.24) is 15.0 Å². The molecule has 0 radical (unpaired) electrons. The molecule has 0 saturated heterocycles. The molecule has 1 N–H and O–H groups in total. The van der Waals surface area contributed by atoms with Crippen molar-refractivity contribution >= 4 is 29.2 Å². The van der Waals surface area contributed by atoms with Gasteiger partial charge in [0.2, 0.25) is 17.2 Å². The minimum Gasteiger partial charge on any atom is -0.354 e. The van der Waals surface area contributed by atoms with Gasteiger partial charge in [-0.15, -0.1) is 0 Å². The van der Waals surface area contributed by atoms with Crippen molar-refractivity contribution in [2.24, 2.45) is 0 Å². The van der Waals surface area contributed by atoms with Crippen LogP contribution in [0.2, 0.25) is 5.28 Å². The minimum atomic E-state index is 0.191. The van der Waals surface area contributed by atoms with E-state index in [1.807, 2.05) is 30.9 Å². The van der Waals surface area contributed by atoms with Crippen LogP contribution in [0.4, 0.5) is 17.6 Å². The largest absolute Gasteiger partial charge is 0.354 e. The van der Waals surface area contributed by atoms with Crippen LogP contribution in [0.5, 0.6) is 0 Å². The molecule has 0 bridgehead atoms. The van der Waals surface area contributed by atoms with Crippen molar-refractivity contribution in [3.8, 4) is 0 Å². The van der Waals surface area contributed by atoms with Gasteiger partial charge in [0, 0.05) is 18.8 Å². The summed E-state index contributed by atoms with van der Waals surface area (Å²) in [7, 11) is 0. The number of aromatic nitrogens is 3. The average molecular weight is 292 g/mol. The lowest BCUT2D eigenvalue weighted by atomic mass is 10.2. The highest BCUT2D eigenvalue weighted by atomic mass is 35.5. The molecule has 1 aromatic carbocycles. The molecule has 0 aliphatic rings. The lowest BCUT2D eigenvalue weighted by molar-refractivity contribution is 0.917. The first kappa shape index (κ1) is 14.5. The van der Waals surface area contributed by atoms with Gasteiger partial charge in [0.1, 0.15) is 0 Å². The molecule has 106 valence electrons. The zero-order chi connectivity index (χ0) is 14.5. The van der Waals surface area contributed by atoms with Crippen molar-refractivity contribution in [2.75, 3.05) is 23.3 Å². The Bertz CT molecular complexity index is 570. The van der Waals surface area contributed by atoms with Gasteiger partial charge in [-0.1, -0.05) is 17.7 Å². The average Bonchev–Trinajstić information content (AvgIpc) is 2.41. The van der Waals surface area contributed by atoms with E-state index in [0.717, 1.165) is 18.8 Å². The highest BCUT2D eigenvalue weighted by Crippen LogP contribution is 2.23. The molecule has 0 aliphatic carbocycles. The number of anilines is 3. The first-order chi connectivity index (χ1) is 9.63. The smallest absolute Gasteiger partial charge is 0.236 e. The van der Waals surface area contributed by atoms with Crippen LogP contribution in [0, 0.1) is 6.92 Å². The maximum atomic E-state index is 5.97. The third-order valence-corrected chi connectivity index (χ3v) is 3.00. The zero-order valence-corrected chi connectivity index (χ0v) is 12.6. The molecule has 0 aliphatic heterocycles. The first-order valence-corrected chi connectivity index (χ1v) is 7.01. The third kappa shape index (κ3) is 3.36. The quantitative estimate of drug-likeness (QED) is 0.915. The van der Waals surface area contributed by atoms with Crippen LogP contribution < -0.4 is 10.2 Å². The van der Waals surface area contributed by atoms with Gasteiger partial charge in [0.25, 0.3) is 0 Å². The van der Waals surface area contributed by atoms with Crippen LogP contribution in [-0.2, 0) is 0 Å². The normalized spacial score (nSPS) is 10.4. The van der Waals surface area contributed by atoms with E-state index in [2.05, 4.69) is 39.3 Å². The number of aryl methyl sites for hydroxylation is 1. The van der Waals surface area contributed by atoms with E-state index < -0.39 is 0 Å². The standard InChI is InChI=1S/C14H18ClN5/c1-4-16-13-17-12(15)18-14(19-13)20(5-2)11-8-6-10(3)7-9-11/h6-9H,4-5H2,1-3H3,(H,16,17,18,19). The van der Waals surface area contributed by atoms with Gasteiger partial charge in [-0.3, -0.25) is 0 Å². The predicted molar refractivity (Wildman–Crippen MR) is 82.9 cm³/mol. The molecule has 0 fully saturated rings. The highest BCUT2D eigenvalue weighted by Gasteiger charge is 2.13. The van der Waals surface area contributed by atoms with Crippen LogP contribution in [0.15, 0.2) is 24.3 Å². The Labute approximate surface area is 124 Å². The van der Waals surface area contributed by atoms with E-state index in [-0.39, 0.29) is 5.28 Å². The fourth-order valence-corrected chi connectivity index (χ4v) is 2.02. The van der Waals surface area contributed by atoms with E-state index in [4.69, 9.17) is 11.6 Å². The summed E-state index contributed by atoms with van der Waals surface area (Å²) in [6.07, 6.45) is 0. The number of nitrogens with zero attached hydrogens (tertiary/aromatic N) is 4. The fraction of sp³-hybridized carbons (Fsp3) is 0.357. The SMILES string of the molecule is CCNc1nc(Cl)nc(N(CC)c2ccc(C)cc2)n1. The van der Waals surface area contributed by atoms with Crippen LogP contribution in [-0.4, -0.2) is 28.0 Å². The second-order valence-corrected chi connectivity index (χ2v) is 4.68. The lowest BCUT2D eigenvalue weighted by Crippen LogP contribution is -2.20. The fourth-order valence-electron chi connectivity index (χ4n) is 1.86. The molecule has 0 amide bonds. The molecule has 0 atom stereocenters. The Hall–Kier alpha value is -1.88. The van der Waals surface area contributed by atoms with Crippen LogP contribution in [0.3, 0.4) is 0 Å². The molecular weight excluding hydrogens is 274 g/mol. The number of nitrogens with one attached hydrogen (secondary N) is 1. The van der Waals surface area contributed by atoms with Gasteiger partial charge in [-0.05, 0) is 44.5 Å². The Kier molecular flexibility index (Phi) is 4.74. The van der Waals surface area contributed by atoms with E-state index in [9.17, 15) is 0 Å². The number of rotatable bonds is 5. The molecule has 0 saturated carbocycles. The van der Waals surface area contributed by atoms with Crippen LogP contribution in [0.25, 0.3) is 0 Å². The third-order valence-electron chi connectivity index (χ3n) is 2.83. The summed E-state index contributed by atoms with van der Waals surface area (Å²) in [4.78, 5) is 14.7. The highest BCUT2D eigenvalue weighted by molar-refractivity contribution is 6.28. The Morgan fingerprint density at radius 2 is 1.80 bits per heavy atom. The Balaban J connectivity index is 2.38. The molecule has 2 rings (SSSR count). The van der Waals surface area contributed by atoms with Gasteiger partial charge >= 0.3 is 0 Å². The van der Waals surface area contributed by atoms with E-state index >= 15 is 0 Å². The molecule has 1 aromatic heterocycles. The van der Waals surface area contributed by atoms with Gasteiger partial charge in [0.15, 0.2) is 0 Å². The summed E-state index contributed by atoms with van der Waals surface area (Å²) < 4.78 is 0. The first-order valence-electron chi connectivity index (χ1n) is 6.63. The number of hydrogen-bond acceptors (Lipinski definition) is 5. The summed E-state index contributed by atoms with van der Waals surface area (Å²) in [5.74, 6) is 1.04. The van der Waals surface area contributed by atoms with Gasteiger partial charge < -0.3 is 10.2 Å². The number of halogens is 1. The molecule has 0 unspecified atom stereocenters. The summed E-state index contributed by atoms with van der Waals surface area (Å²) in [6.45, 7) is 7.56. The van der Waals surface area contributed by atoms with Crippen LogP contribution >= 0.6 is 11.6 Å². The Morgan fingerprint density at radius 1 is 1.10 bits per heavy atom. The van der Waals surface area contributed by atoms with Gasteiger partial charge in [0.05, 0.1) is 0 Å². The van der Waals surface area contributed by atoms with Crippen molar-refractivity contribution in [1.29, 1.82) is 0 Å². The molecule has 1 heterocycles. The monoisotopic (exact) mass is 291 g/mol. The van der Waals surface area contributed by atoms with E-state index in [1.54, 1.807) is 0 Å². The van der Waals surface area contributed by atoms with Crippen molar-refractivity contribution in [2.45, 2.75) is 20.8 Å². The molecule has 6 heteroatoms. The summed E-state index contributed by atoms with van der Waals surface area (Å²) in [5.41, 5.74) is 2.25. The van der Waals surface area contributed by atoms with Gasteiger partial charge in [-0.2, -0.15) is 15.0 Å². The second-order valence-electron chi connectivity index (χ2n) is 4.34. The van der Waals surface area contributed by atoms with Crippen LogP contribution in [0.1, 0.15) is 19.4 Å². The summed E-state index contributed by atoms with van der Waals surface area (Å²) in [6, 6.07) is 8.21. The lowest BCUT2D eigenvalue weighted by Gasteiger charge is -2.21. The zero-order valence-electron chi connectivity index (χ0n) is 11.9. The van der Waals surface area contributed by atoms with E-state index in [0.29, 0.717) is 11.9 Å². The molecule has 0 spiro atoms. The molecule has 5 nitrogen and oxygen atoms in total. The number of benzene rings is 1. The van der Waals surface area contributed by atoms with Crippen molar-refractivity contribution < 1.29 is 0 Å². The minimum absolute atomic E-state index is 0.191. The predicted octanol–water partition coefficient (Wildman–Crippen LogP) is 3.42.